The number of benzene rings is 2. The number of halogens is 1. The fourth-order valence-electron chi connectivity index (χ4n) is 2.44. The van der Waals surface area contributed by atoms with Gasteiger partial charge in [0.2, 0.25) is 0 Å². The van der Waals surface area contributed by atoms with Crippen LogP contribution in [0.2, 0.25) is 0 Å². The van der Waals surface area contributed by atoms with Crippen molar-refractivity contribution in [2.75, 3.05) is 7.11 Å². The van der Waals surface area contributed by atoms with Crippen LogP contribution in [0.4, 0.5) is 4.39 Å². The van der Waals surface area contributed by atoms with Gasteiger partial charge in [0.15, 0.2) is 17.3 Å². The van der Waals surface area contributed by atoms with Crippen LogP contribution in [0.3, 0.4) is 0 Å². The van der Waals surface area contributed by atoms with Gasteiger partial charge in [-0.15, -0.1) is 0 Å². The van der Waals surface area contributed by atoms with E-state index in [0.29, 0.717) is 11.3 Å². The highest BCUT2D eigenvalue weighted by atomic mass is 19.1. The summed E-state index contributed by atoms with van der Waals surface area (Å²) < 4.78 is 18.7. The van der Waals surface area contributed by atoms with E-state index < -0.39 is 5.82 Å². The fraction of sp³-hybridized carbons (Fsp3) is 0.176. The number of para-hydroxylation sites is 1. The van der Waals surface area contributed by atoms with Gasteiger partial charge < -0.3 is 10.1 Å². The molecule has 1 amide bonds. The number of rotatable bonds is 4. The molecule has 1 aromatic heterocycles. The highest BCUT2D eigenvalue weighted by Gasteiger charge is 2.17. The van der Waals surface area contributed by atoms with Gasteiger partial charge >= 0.3 is 0 Å². The topological polar surface area (TPSA) is 67.0 Å². The number of amides is 1. The maximum absolute atomic E-state index is 13.8. The second-order valence-corrected chi connectivity index (χ2v) is 5.21. The third-order valence-electron chi connectivity index (χ3n) is 3.71. The minimum atomic E-state index is -0.462. The Morgan fingerprint density at radius 2 is 2.09 bits per heavy atom. The van der Waals surface area contributed by atoms with Gasteiger partial charge in [-0.3, -0.25) is 9.89 Å². The van der Waals surface area contributed by atoms with E-state index in [1.807, 2.05) is 24.3 Å². The van der Waals surface area contributed by atoms with Gasteiger partial charge in [0.1, 0.15) is 0 Å². The summed E-state index contributed by atoms with van der Waals surface area (Å²) in [4.78, 5) is 12.4. The number of aromatic nitrogens is 2. The first-order chi connectivity index (χ1) is 11.1. The molecule has 3 aromatic rings. The number of nitrogens with one attached hydrogen (secondary N) is 2. The summed E-state index contributed by atoms with van der Waals surface area (Å²) in [6.07, 6.45) is 0. The number of hydrogen-bond acceptors (Lipinski definition) is 3. The lowest BCUT2D eigenvalue weighted by Crippen LogP contribution is -2.27. The van der Waals surface area contributed by atoms with Crippen molar-refractivity contribution in [2.24, 2.45) is 0 Å². The average molecular weight is 313 g/mol. The van der Waals surface area contributed by atoms with Crippen LogP contribution in [0.15, 0.2) is 42.5 Å². The van der Waals surface area contributed by atoms with Gasteiger partial charge in [-0.1, -0.05) is 24.3 Å². The Morgan fingerprint density at radius 3 is 2.83 bits per heavy atom. The minimum absolute atomic E-state index is 0.172. The SMILES string of the molecule is COc1ccc(C(C)NC(=O)c2n[nH]c3ccccc23)cc1F. The van der Waals surface area contributed by atoms with Crippen LogP contribution < -0.4 is 10.1 Å². The summed E-state index contributed by atoms with van der Waals surface area (Å²) in [5.41, 5.74) is 1.76. The van der Waals surface area contributed by atoms with Crippen molar-refractivity contribution in [1.29, 1.82) is 0 Å². The molecule has 0 aliphatic rings. The second-order valence-electron chi connectivity index (χ2n) is 5.21. The normalized spacial score (nSPS) is 12.1. The smallest absolute Gasteiger partial charge is 0.272 e. The quantitative estimate of drug-likeness (QED) is 0.777. The summed E-state index contributed by atoms with van der Waals surface area (Å²) in [6, 6.07) is 11.6. The molecule has 3 rings (SSSR count). The number of aromatic amines is 1. The van der Waals surface area contributed by atoms with Gasteiger partial charge in [-0.2, -0.15) is 5.10 Å². The highest BCUT2D eigenvalue weighted by molar-refractivity contribution is 6.04. The number of nitrogens with zero attached hydrogens (tertiary/aromatic N) is 1. The molecular formula is C17H16FN3O2. The summed E-state index contributed by atoms with van der Waals surface area (Å²) in [6.45, 7) is 1.79. The van der Waals surface area contributed by atoms with Crippen LogP contribution in [0, 0.1) is 5.82 Å². The van der Waals surface area contributed by atoms with E-state index in [4.69, 9.17) is 4.74 Å². The van der Waals surface area contributed by atoms with Gasteiger partial charge in [0.05, 0.1) is 18.7 Å². The molecule has 0 bridgehead atoms. The molecule has 0 aliphatic carbocycles. The highest BCUT2D eigenvalue weighted by Crippen LogP contribution is 2.22. The lowest BCUT2D eigenvalue weighted by atomic mass is 10.1. The summed E-state index contributed by atoms with van der Waals surface area (Å²) in [5, 5.41) is 10.4. The Kier molecular flexibility index (Phi) is 3.97. The molecule has 6 heteroatoms. The maximum atomic E-state index is 13.8. The lowest BCUT2D eigenvalue weighted by Gasteiger charge is -2.14. The first kappa shape index (κ1) is 15.0. The van der Waals surface area contributed by atoms with Crippen LogP contribution in [0.5, 0.6) is 5.75 Å². The predicted molar refractivity (Wildman–Crippen MR) is 84.9 cm³/mol. The second kappa shape index (κ2) is 6.08. The average Bonchev–Trinajstić information content (AvgIpc) is 2.98. The van der Waals surface area contributed by atoms with Crippen molar-refractivity contribution in [3.63, 3.8) is 0 Å². The largest absolute Gasteiger partial charge is 0.494 e. The van der Waals surface area contributed by atoms with Crippen molar-refractivity contribution in [3.8, 4) is 5.75 Å². The molecule has 23 heavy (non-hydrogen) atoms. The number of H-pyrrole nitrogens is 1. The van der Waals surface area contributed by atoms with Crippen LogP contribution in [-0.2, 0) is 0 Å². The number of methoxy groups -OCH3 is 1. The van der Waals surface area contributed by atoms with E-state index in [2.05, 4.69) is 15.5 Å². The Labute approximate surface area is 132 Å². The molecule has 1 heterocycles. The van der Waals surface area contributed by atoms with E-state index in [0.717, 1.165) is 10.9 Å². The number of fused-ring (bicyclic) bond motifs is 1. The molecular weight excluding hydrogens is 297 g/mol. The first-order valence-corrected chi connectivity index (χ1v) is 7.17. The summed E-state index contributed by atoms with van der Waals surface area (Å²) in [7, 11) is 1.41. The Bertz CT molecular complexity index is 860. The summed E-state index contributed by atoms with van der Waals surface area (Å²) >= 11 is 0. The van der Waals surface area contributed by atoms with Crippen LogP contribution in [0.1, 0.15) is 29.0 Å². The van der Waals surface area contributed by atoms with Crippen LogP contribution in [0.25, 0.3) is 10.9 Å². The third-order valence-corrected chi connectivity index (χ3v) is 3.71. The first-order valence-electron chi connectivity index (χ1n) is 7.17. The molecule has 0 spiro atoms. The molecule has 1 unspecified atom stereocenters. The monoisotopic (exact) mass is 313 g/mol. The van der Waals surface area contributed by atoms with Crippen molar-refractivity contribution >= 4 is 16.8 Å². The molecule has 2 aromatic carbocycles. The van der Waals surface area contributed by atoms with Crippen molar-refractivity contribution in [3.05, 3.63) is 59.5 Å². The molecule has 5 nitrogen and oxygen atoms in total. The molecule has 2 N–H and O–H groups in total. The van der Waals surface area contributed by atoms with Gasteiger partial charge in [0.25, 0.3) is 5.91 Å². The van der Waals surface area contributed by atoms with Crippen molar-refractivity contribution in [2.45, 2.75) is 13.0 Å². The van der Waals surface area contributed by atoms with Crippen molar-refractivity contribution in [1.82, 2.24) is 15.5 Å². The number of hydrogen-bond donors (Lipinski definition) is 2. The fourth-order valence-corrected chi connectivity index (χ4v) is 2.44. The molecule has 0 saturated heterocycles. The predicted octanol–water partition coefficient (Wildman–Crippen LogP) is 3.20. The Morgan fingerprint density at radius 1 is 1.30 bits per heavy atom. The maximum Gasteiger partial charge on any atom is 0.272 e. The molecule has 118 valence electrons. The van der Waals surface area contributed by atoms with E-state index in [1.54, 1.807) is 13.0 Å². The zero-order valence-electron chi connectivity index (χ0n) is 12.8. The van der Waals surface area contributed by atoms with Crippen LogP contribution >= 0.6 is 0 Å². The Hall–Kier alpha value is -2.89. The molecule has 0 fully saturated rings. The molecule has 1 atom stereocenters. The Balaban J connectivity index is 1.81. The standard InChI is InChI=1S/C17H16FN3O2/c1-10(11-7-8-15(23-2)13(18)9-11)19-17(22)16-12-5-3-4-6-14(12)20-21-16/h3-10H,1-2H3,(H,19,22)(H,20,21). The van der Waals surface area contributed by atoms with Gasteiger partial charge in [-0.25, -0.2) is 4.39 Å². The number of carbonyl (C=O) groups is 1. The number of ether oxygens (including phenoxy) is 1. The van der Waals surface area contributed by atoms with Crippen molar-refractivity contribution < 1.29 is 13.9 Å². The molecule has 0 saturated carbocycles. The van der Waals surface area contributed by atoms with Gasteiger partial charge in [-0.05, 0) is 30.7 Å². The van der Waals surface area contributed by atoms with Gasteiger partial charge in [0, 0.05) is 5.39 Å². The summed E-state index contributed by atoms with van der Waals surface area (Å²) in [5.74, 6) is -0.604. The van der Waals surface area contributed by atoms with E-state index in [-0.39, 0.29) is 17.7 Å². The number of carbonyl (C=O) groups excluding carboxylic acids is 1. The zero-order chi connectivity index (χ0) is 16.4. The minimum Gasteiger partial charge on any atom is -0.494 e. The molecule has 0 radical (unpaired) electrons. The zero-order valence-corrected chi connectivity index (χ0v) is 12.8. The lowest BCUT2D eigenvalue weighted by molar-refractivity contribution is 0.0936. The molecule has 0 aliphatic heterocycles. The van der Waals surface area contributed by atoms with Crippen LogP contribution in [-0.4, -0.2) is 23.2 Å². The third kappa shape index (κ3) is 2.88. The van der Waals surface area contributed by atoms with E-state index in [9.17, 15) is 9.18 Å². The van der Waals surface area contributed by atoms with E-state index >= 15 is 0 Å². The van der Waals surface area contributed by atoms with E-state index in [1.165, 1.54) is 19.2 Å².